The third-order valence-corrected chi connectivity index (χ3v) is 4.21. The molecule has 2 rings (SSSR count). The lowest BCUT2D eigenvalue weighted by molar-refractivity contribution is -0.128. The molecule has 0 saturated heterocycles. The summed E-state index contributed by atoms with van der Waals surface area (Å²) in [5.74, 6) is 0.0775. The van der Waals surface area contributed by atoms with Gasteiger partial charge in [-0.25, -0.2) is 0 Å². The molecule has 0 aliphatic carbocycles. The first-order valence-corrected chi connectivity index (χ1v) is 7.46. The van der Waals surface area contributed by atoms with E-state index in [1.807, 2.05) is 19.2 Å². The van der Waals surface area contributed by atoms with Crippen LogP contribution in [0.2, 0.25) is 0 Å². The molecule has 0 aliphatic heterocycles. The molecule has 0 aliphatic rings. The SMILES string of the molecule is CC(=O)N(C)Cc1ccccc1NCc1ccc(C)s1. The highest BCUT2D eigenvalue weighted by Gasteiger charge is 2.07. The first-order chi connectivity index (χ1) is 9.56. The molecule has 1 amide bonds. The minimum atomic E-state index is 0.0775. The number of para-hydroxylation sites is 1. The summed E-state index contributed by atoms with van der Waals surface area (Å²) in [7, 11) is 1.82. The predicted molar refractivity (Wildman–Crippen MR) is 85.0 cm³/mol. The summed E-state index contributed by atoms with van der Waals surface area (Å²) in [4.78, 5) is 15.7. The van der Waals surface area contributed by atoms with Crippen molar-refractivity contribution in [1.29, 1.82) is 0 Å². The van der Waals surface area contributed by atoms with Gasteiger partial charge in [-0.15, -0.1) is 11.3 Å². The highest BCUT2D eigenvalue weighted by Crippen LogP contribution is 2.20. The van der Waals surface area contributed by atoms with E-state index in [-0.39, 0.29) is 5.91 Å². The van der Waals surface area contributed by atoms with Gasteiger partial charge < -0.3 is 10.2 Å². The summed E-state index contributed by atoms with van der Waals surface area (Å²) >= 11 is 1.80. The molecule has 1 N–H and O–H groups in total. The smallest absolute Gasteiger partial charge is 0.219 e. The Hall–Kier alpha value is -1.81. The fourth-order valence-electron chi connectivity index (χ4n) is 1.96. The Morgan fingerprint density at radius 3 is 2.65 bits per heavy atom. The monoisotopic (exact) mass is 288 g/mol. The van der Waals surface area contributed by atoms with E-state index < -0.39 is 0 Å². The number of rotatable bonds is 5. The van der Waals surface area contributed by atoms with Crippen molar-refractivity contribution in [3.05, 3.63) is 51.7 Å². The van der Waals surface area contributed by atoms with Gasteiger partial charge in [0.2, 0.25) is 5.91 Å². The molecule has 1 heterocycles. The number of hydrogen-bond acceptors (Lipinski definition) is 3. The van der Waals surface area contributed by atoms with Crippen LogP contribution in [0, 0.1) is 6.92 Å². The number of amides is 1. The van der Waals surface area contributed by atoms with Crippen molar-refractivity contribution in [3.63, 3.8) is 0 Å². The van der Waals surface area contributed by atoms with Gasteiger partial charge in [0.25, 0.3) is 0 Å². The molecule has 2 aromatic rings. The summed E-state index contributed by atoms with van der Waals surface area (Å²) in [5.41, 5.74) is 2.23. The van der Waals surface area contributed by atoms with Crippen LogP contribution < -0.4 is 5.32 Å². The van der Waals surface area contributed by atoms with Crippen LogP contribution in [0.5, 0.6) is 0 Å². The van der Waals surface area contributed by atoms with E-state index in [4.69, 9.17) is 0 Å². The van der Waals surface area contributed by atoms with Crippen molar-refractivity contribution >= 4 is 22.9 Å². The lowest BCUT2D eigenvalue weighted by Crippen LogP contribution is -2.23. The van der Waals surface area contributed by atoms with Gasteiger partial charge in [-0.1, -0.05) is 18.2 Å². The Morgan fingerprint density at radius 2 is 2.00 bits per heavy atom. The first-order valence-electron chi connectivity index (χ1n) is 6.65. The van der Waals surface area contributed by atoms with Gasteiger partial charge in [0.15, 0.2) is 0 Å². The topological polar surface area (TPSA) is 32.3 Å². The summed E-state index contributed by atoms with van der Waals surface area (Å²) in [6, 6.07) is 12.4. The molecule has 106 valence electrons. The van der Waals surface area contributed by atoms with Crippen LogP contribution in [0.3, 0.4) is 0 Å². The average Bonchev–Trinajstić information content (AvgIpc) is 2.83. The zero-order chi connectivity index (χ0) is 14.5. The standard InChI is InChI=1S/C16H20N2OS/c1-12-8-9-15(20-12)10-17-16-7-5-4-6-14(16)11-18(3)13(2)19/h4-9,17H,10-11H2,1-3H3. The van der Waals surface area contributed by atoms with E-state index in [1.165, 1.54) is 9.75 Å². The van der Waals surface area contributed by atoms with Gasteiger partial charge in [-0.3, -0.25) is 4.79 Å². The Bertz CT molecular complexity index is 592. The number of carbonyl (C=O) groups is 1. The maximum Gasteiger partial charge on any atom is 0.219 e. The van der Waals surface area contributed by atoms with Crippen LogP contribution in [-0.2, 0) is 17.9 Å². The maximum absolute atomic E-state index is 11.3. The molecule has 20 heavy (non-hydrogen) atoms. The average molecular weight is 288 g/mol. The van der Waals surface area contributed by atoms with Gasteiger partial charge in [0.1, 0.15) is 0 Å². The van der Waals surface area contributed by atoms with Crippen LogP contribution >= 0.6 is 11.3 Å². The number of thiophene rings is 1. The molecule has 0 atom stereocenters. The van der Waals surface area contributed by atoms with Gasteiger partial charge in [-0.05, 0) is 30.7 Å². The zero-order valence-corrected chi connectivity index (χ0v) is 13.0. The Labute approximate surface area is 124 Å². The second-order valence-electron chi connectivity index (χ2n) is 4.90. The first kappa shape index (κ1) is 14.6. The maximum atomic E-state index is 11.3. The van der Waals surface area contributed by atoms with E-state index in [0.29, 0.717) is 6.54 Å². The van der Waals surface area contributed by atoms with Crippen LogP contribution in [0.4, 0.5) is 5.69 Å². The van der Waals surface area contributed by atoms with Gasteiger partial charge in [0, 0.05) is 42.5 Å². The Kier molecular flexibility index (Phi) is 4.79. The summed E-state index contributed by atoms with van der Waals surface area (Å²) in [6.45, 7) is 5.15. The van der Waals surface area contributed by atoms with E-state index >= 15 is 0 Å². The minimum absolute atomic E-state index is 0.0775. The van der Waals surface area contributed by atoms with Crippen molar-refractivity contribution < 1.29 is 4.79 Å². The van der Waals surface area contributed by atoms with E-state index in [9.17, 15) is 4.79 Å². The fraction of sp³-hybridized carbons (Fsp3) is 0.312. The second-order valence-corrected chi connectivity index (χ2v) is 6.27. The number of benzene rings is 1. The van der Waals surface area contributed by atoms with E-state index in [1.54, 1.807) is 23.2 Å². The molecular formula is C16H20N2OS. The molecule has 4 heteroatoms. The highest BCUT2D eigenvalue weighted by molar-refractivity contribution is 7.11. The molecular weight excluding hydrogens is 268 g/mol. The number of hydrogen-bond donors (Lipinski definition) is 1. The molecule has 0 saturated carbocycles. The molecule has 1 aromatic carbocycles. The van der Waals surface area contributed by atoms with Crippen molar-refractivity contribution in [2.45, 2.75) is 26.9 Å². The zero-order valence-electron chi connectivity index (χ0n) is 12.1. The predicted octanol–water partition coefficient (Wildman–Crippen LogP) is 3.65. The lowest BCUT2D eigenvalue weighted by atomic mass is 10.1. The molecule has 1 aromatic heterocycles. The molecule has 0 spiro atoms. The van der Waals surface area contributed by atoms with Crippen LogP contribution in [0.25, 0.3) is 0 Å². The van der Waals surface area contributed by atoms with Crippen LogP contribution in [-0.4, -0.2) is 17.9 Å². The van der Waals surface area contributed by atoms with Crippen molar-refractivity contribution in [1.82, 2.24) is 4.90 Å². The Balaban J connectivity index is 2.05. The summed E-state index contributed by atoms with van der Waals surface area (Å²) in [5, 5.41) is 3.46. The van der Waals surface area contributed by atoms with Crippen molar-refractivity contribution in [2.24, 2.45) is 0 Å². The van der Waals surface area contributed by atoms with E-state index in [0.717, 1.165) is 17.8 Å². The number of carbonyl (C=O) groups excluding carboxylic acids is 1. The third kappa shape index (κ3) is 3.84. The highest BCUT2D eigenvalue weighted by atomic mass is 32.1. The van der Waals surface area contributed by atoms with Crippen LogP contribution in [0.15, 0.2) is 36.4 Å². The van der Waals surface area contributed by atoms with Crippen molar-refractivity contribution in [3.8, 4) is 0 Å². The summed E-state index contributed by atoms with van der Waals surface area (Å²) < 4.78 is 0. The van der Waals surface area contributed by atoms with E-state index in [2.05, 4.69) is 36.5 Å². The number of nitrogens with zero attached hydrogens (tertiary/aromatic N) is 1. The Morgan fingerprint density at radius 1 is 1.25 bits per heavy atom. The molecule has 0 radical (unpaired) electrons. The quantitative estimate of drug-likeness (QED) is 0.911. The molecule has 0 bridgehead atoms. The number of aryl methyl sites for hydroxylation is 1. The van der Waals surface area contributed by atoms with Crippen LogP contribution in [0.1, 0.15) is 22.2 Å². The number of anilines is 1. The third-order valence-electron chi connectivity index (χ3n) is 3.21. The van der Waals surface area contributed by atoms with Crippen molar-refractivity contribution in [2.75, 3.05) is 12.4 Å². The van der Waals surface area contributed by atoms with Gasteiger partial charge in [0.05, 0.1) is 0 Å². The second kappa shape index (κ2) is 6.57. The molecule has 0 unspecified atom stereocenters. The summed E-state index contributed by atoms with van der Waals surface area (Å²) in [6.07, 6.45) is 0. The lowest BCUT2D eigenvalue weighted by Gasteiger charge is -2.18. The fourth-order valence-corrected chi connectivity index (χ4v) is 2.79. The molecule has 3 nitrogen and oxygen atoms in total. The largest absolute Gasteiger partial charge is 0.380 e. The van der Waals surface area contributed by atoms with Gasteiger partial charge in [-0.2, -0.15) is 0 Å². The normalized spacial score (nSPS) is 10.3. The van der Waals surface area contributed by atoms with Gasteiger partial charge >= 0.3 is 0 Å². The number of nitrogens with one attached hydrogen (secondary N) is 1. The minimum Gasteiger partial charge on any atom is -0.380 e. The molecule has 0 fully saturated rings.